The normalized spacial score (nSPS) is 50.5. The third-order valence-corrected chi connectivity index (χ3v) is 9.42. The summed E-state index contributed by atoms with van der Waals surface area (Å²) in [6.07, 6.45) is 0.763. The molecule has 144 valence electrons. The van der Waals surface area contributed by atoms with Crippen molar-refractivity contribution in [3.63, 3.8) is 0 Å². The Hall–Kier alpha value is -0.440. The summed E-state index contributed by atoms with van der Waals surface area (Å²) in [5, 5.41) is 22.6. The minimum absolute atomic E-state index is 0.0970. The van der Waals surface area contributed by atoms with Crippen LogP contribution in [0.5, 0.6) is 0 Å². The summed E-state index contributed by atoms with van der Waals surface area (Å²) in [7, 11) is 0. The predicted molar refractivity (Wildman–Crippen MR) is 98.6 cm³/mol. The molecule has 0 spiro atoms. The summed E-state index contributed by atoms with van der Waals surface area (Å²) in [5.74, 6) is -1.77. The molecule has 0 aromatic carbocycles. The minimum Gasteiger partial charge on any atom is -0.485 e. The van der Waals surface area contributed by atoms with Gasteiger partial charge in [-0.25, -0.2) is 4.79 Å². The fourth-order valence-electron chi connectivity index (χ4n) is 5.46. The number of esters is 1. The van der Waals surface area contributed by atoms with Crippen molar-refractivity contribution >= 4 is 43.6 Å². The lowest BCUT2D eigenvalue weighted by Gasteiger charge is -2.59. The van der Waals surface area contributed by atoms with Crippen molar-refractivity contribution in [2.45, 2.75) is 61.9 Å². The van der Waals surface area contributed by atoms with E-state index in [1.54, 1.807) is 6.92 Å². The summed E-state index contributed by atoms with van der Waals surface area (Å²) >= 11 is 6.66. The number of alkyl halides is 2. The van der Waals surface area contributed by atoms with Crippen LogP contribution in [0.3, 0.4) is 0 Å². The summed E-state index contributed by atoms with van der Waals surface area (Å²) in [6.45, 7) is 3.66. The van der Waals surface area contributed by atoms with Crippen molar-refractivity contribution in [3.05, 3.63) is 11.3 Å². The van der Waals surface area contributed by atoms with Gasteiger partial charge in [0.15, 0.2) is 11.5 Å². The van der Waals surface area contributed by atoms with Gasteiger partial charge >= 0.3 is 5.97 Å². The maximum Gasteiger partial charge on any atom is 0.347 e. The van der Waals surface area contributed by atoms with E-state index in [1.165, 1.54) is 0 Å². The molecule has 2 N–H and O–H groups in total. The predicted octanol–water partition coefficient (Wildman–Crippen LogP) is 2.19. The quantitative estimate of drug-likeness (QED) is 0.330. The van der Waals surface area contributed by atoms with Crippen molar-refractivity contribution in [2.75, 3.05) is 5.33 Å². The van der Waals surface area contributed by atoms with Crippen molar-refractivity contribution < 1.29 is 29.3 Å². The summed E-state index contributed by atoms with van der Waals surface area (Å²) in [4.78, 5) is 26.2. The molecule has 6 nitrogen and oxygen atoms in total. The highest BCUT2D eigenvalue weighted by molar-refractivity contribution is 9.12. The topological polar surface area (TPSA) is 93.1 Å². The lowest BCUT2D eigenvalue weighted by atomic mass is 9.48. The maximum atomic E-state index is 13.6. The first-order valence-corrected chi connectivity index (χ1v) is 10.9. The zero-order valence-electron chi connectivity index (χ0n) is 14.6. The van der Waals surface area contributed by atoms with Crippen LogP contribution in [0.2, 0.25) is 0 Å². The van der Waals surface area contributed by atoms with Gasteiger partial charge in [-0.1, -0.05) is 42.6 Å². The Morgan fingerprint density at radius 3 is 2.65 bits per heavy atom. The maximum absolute atomic E-state index is 13.6. The molecule has 0 aromatic heterocycles. The standard InChI is InChI=1S/C18H22Br2O6/c1-8-11-13(22)17(24)6-4-3-5-9(17)16(8,2)12(21)10-14(25-11)18(20,7-19)26-15(10)23/h8-9,11,13,22,24H,3-7H2,1-2H3/t8-,9+,11+,13-,16-,17+,18-/m1/s1. The molecule has 0 saturated heterocycles. The molecule has 2 heterocycles. The molecule has 4 aliphatic rings. The van der Waals surface area contributed by atoms with Gasteiger partial charge in [0.05, 0.1) is 10.9 Å². The van der Waals surface area contributed by atoms with Gasteiger partial charge in [-0.2, -0.15) is 0 Å². The number of cyclic esters (lactones) is 1. The molecular weight excluding hydrogens is 472 g/mol. The first-order chi connectivity index (χ1) is 12.1. The van der Waals surface area contributed by atoms with Crippen LogP contribution in [0.1, 0.15) is 39.5 Å². The summed E-state index contributed by atoms with van der Waals surface area (Å²) in [6, 6.07) is 0. The molecule has 0 aromatic rings. The van der Waals surface area contributed by atoms with Gasteiger partial charge in [0.25, 0.3) is 0 Å². The molecule has 8 heteroatoms. The van der Waals surface area contributed by atoms with Gasteiger partial charge in [-0.15, -0.1) is 0 Å². The van der Waals surface area contributed by atoms with Gasteiger partial charge in [0, 0.05) is 17.3 Å². The summed E-state index contributed by atoms with van der Waals surface area (Å²) in [5.41, 5.74) is -2.51. The third-order valence-electron chi connectivity index (χ3n) is 7.08. The van der Waals surface area contributed by atoms with E-state index in [-0.39, 0.29) is 28.4 Å². The van der Waals surface area contributed by atoms with E-state index in [0.717, 1.165) is 12.8 Å². The molecule has 2 aliphatic carbocycles. The van der Waals surface area contributed by atoms with E-state index >= 15 is 0 Å². The van der Waals surface area contributed by atoms with E-state index < -0.39 is 39.6 Å². The Kier molecular flexibility index (Phi) is 4.20. The molecular formula is C18H22Br2O6. The Balaban J connectivity index is 1.94. The number of aliphatic hydroxyl groups excluding tert-OH is 1. The van der Waals surface area contributed by atoms with Crippen molar-refractivity contribution in [2.24, 2.45) is 17.3 Å². The first-order valence-electron chi connectivity index (χ1n) is 8.96. The molecule has 2 saturated carbocycles. The van der Waals surface area contributed by atoms with Gasteiger partial charge in [-0.3, -0.25) is 4.79 Å². The molecule has 2 aliphatic heterocycles. The number of hydrogen-bond donors (Lipinski definition) is 2. The lowest BCUT2D eigenvalue weighted by molar-refractivity contribution is -0.249. The average molecular weight is 494 g/mol. The van der Waals surface area contributed by atoms with Crippen LogP contribution >= 0.6 is 31.9 Å². The fourth-order valence-corrected chi connectivity index (χ4v) is 6.27. The van der Waals surface area contributed by atoms with E-state index in [9.17, 15) is 19.8 Å². The van der Waals surface area contributed by atoms with Crippen molar-refractivity contribution in [3.8, 4) is 0 Å². The number of ether oxygens (including phenoxy) is 2. The van der Waals surface area contributed by atoms with E-state index in [4.69, 9.17) is 9.47 Å². The Bertz CT molecular complexity index is 722. The van der Waals surface area contributed by atoms with Gasteiger partial charge in [-0.05, 0) is 28.8 Å². The van der Waals surface area contributed by atoms with Crippen LogP contribution in [-0.4, -0.2) is 49.6 Å². The highest BCUT2D eigenvalue weighted by Crippen LogP contribution is 2.60. The van der Waals surface area contributed by atoms with Crippen LogP contribution in [0.4, 0.5) is 0 Å². The second-order valence-corrected chi connectivity index (χ2v) is 10.0. The molecule has 2 bridgehead atoms. The Labute approximate surface area is 168 Å². The van der Waals surface area contributed by atoms with E-state index in [0.29, 0.717) is 12.8 Å². The zero-order valence-corrected chi connectivity index (χ0v) is 17.8. The third kappa shape index (κ3) is 2.10. The summed E-state index contributed by atoms with van der Waals surface area (Å²) < 4.78 is 10.2. The molecule has 2 fully saturated rings. The Morgan fingerprint density at radius 1 is 1.31 bits per heavy atom. The van der Waals surface area contributed by atoms with E-state index in [1.807, 2.05) is 6.92 Å². The second kappa shape index (κ2) is 5.78. The minimum atomic E-state index is -1.40. The SMILES string of the molecule is C[C@@H]1[C@@H]2OC3=C(C(=O)O[C@]3(Br)CBr)C(=O)[C@@]1(C)[C@@H]1CCCC[C@@]1(O)[C@@H]2O. The van der Waals surface area contributed by atoms with Crippen LogP contribution in [0, 0.1) is 17.3 Å². The number of fused-ring (bicyclic) bond motifs is 4. The zero-order chi connectivity index (χ0) is 19.1. The average Bonchev–Trinajstić information content (AvgIpc) is 2.82. The smallest absolute Gasteiger partial charge is 0.347 e. The molecule has 0 amide bonds. The number of carbonyl (C=O) groups excluding carboxylic acids is 2. The largest absolute Gasteiger partial charge is 0.485 e. The number of Topliss-reactive ketones (excluding diaryl/α,β-unsaturated/α-hetero) is 1. The number of carbonyl (C=O) groups is 2. The Morgan fingerprint density at radius 2 is 2.00 bits per heavy atom. The first kappa shape index (κ1) is 18.9. The monoisotopic (exact) mass is 492 g/mol. The van der Waals surface area contributed by atoms with E-state index in [2.05, 4.69) is 31.9 Å². The fraction of sp³-hybridized carbons (Fsp3) is 0.778. The molecule has 0 radical (unpaired) electrons. The molecule has 0 unspecified atom stereocenters. The van der Waals surface area contributed by atoms with Gasteiger partial charge in [0.1, 0.15) is 17.8 Å². The van der Waals surface area contributed by atoms with Crippen LogP contribution < -0.4 is 0 Å². The van der Waals surface area contributed by atoms with Crippen LogP contribution in [0.15, 0.2) is 11.3 Å². The van der Waals surface area contributed by atoms with Crippen LogP contribution in [0.25, 0.3) is 0 Å². The number of hydrogen-bond acceptors (Lipinski definition) is 6. The molecule has 4 rings (SSSR count). The van der Waals surface area contributed by atoms with Crippen LogP contribution in [-0.2, 0) is 19.1 Å². The van der Waals surface area contributed by atoms with Gasteiger partial charge < -0.3 is 19.7 Å². The number of aliphatic hydroxyl groups is 2. The number of halogens is 2. The van der Waals surface area contributed by atoms with Crippen molar-refractivity contribution in [1.29, 1.82) is 0 Å². The second-order valence-electron chi connectivity index (χ2n) is 8.17. The number of rotatable bonds is 1. The highest BCUT2D eigenvalue weighted by Gasteiger charge is 2.70. The molecule has 26 heavy (non-hydrogen) atoms. The van der Waals surface area contributed by atoms with Gasteiger partial charge in [0.2, 0.25) is 4.51 Å². The highest BCUT2D eigenvalue weighted by atomic mass is 79.9. The van der Waals surface area contributed by atoms with Crippen molar-refractivity contribution in [1.82, 2.24) is 0 Å². The number of ketones is 1. The lowest BCUT2D eigenvalue weighted by Crippen LogP contribution is -2.69. The molecule has 7 atom stereocenters.